The summed E-state index contributed by atoms with van der Waals surface area (Å²) in [5, 5.41) is 22.1. The Morgan fingerprint density at radius 1 is 1.00 bits per heavy atom. The molecule has 0 bridgehead atoms. The van der Waals surface area contributed by atoms with Crippen LogP contribution in [-0.2, 0) is 6.42 Å². The van der Waals surface area contributed by atoms with E-state index in [4.69, 9.17) is 0 Å². The molecule has 1 atom stereocenters. The molecule has 142 valence electrons. The number of nitriles is 1. The van der Waals surface area contributed by atoms with Gasteiger partial charge in [0, 0.05) is 22.7 Å². The van der Waals surface area contributed by atoms with Crippen LogP contribution in [0.15, 0.2) is 36.4 Å². The summed E-state index contributed by atoms with van der Waals surface area (Å²) in [7, 11) is 0. The summed E-state index contributed by atoms with van der Waals surface area (Å²) < 4.78 is 0. The quantitative estimate of drug-likeness (QED) is 0.597. The summed E-state index contributed by atoms with van der Waals surface area (Å²) in [6.45, 7) is 0. The summed E-state index contributed by atoms with van der Waals surface area (Å²) in [5.74, 6) is 0.619. The van der Waals surface area contributed by atoms with E-state index in [9.17, 15) is 5.26 Å². The number of aromatic amines is 1. The molecule has 2 aromatic carbocycles. The van der Waals surface area contributed by atoms with Crippen LogP contribution in [0.4, 0.5) is 5.69 Å². The van der Waals surface area contributed by atoms with Crippen LogP contribution in [0.2, 0.25) is 0 Å². The van der Waals surface area contributed by atoms with Crippen molar-refractivity contribution in [1.82, 2.24) is 10.2 Å². The van der Waals surface area contributed by atoms with Gasteiger partial charge >= 0.3 is 0 Å². The second-order valence-electron chi connectivity index (χ2n) is 8.32. The second-order valence-corrected chi connectivity index (χ2v) is 8.32. The van der Waals surface area contributed by atoms with Crippen molar-refractivity contribution in [2.75, 3.05) is 5.32 Å². The van der Waals surface area contributed by atoms with E-state index in [0.717, 1.165) is 36.0 Å². The highest BCUT2D eigenvalue weighted by Crippen LogP contribution is 2.37. The first-order valence-corrected chi connectivity index (χ1v) is 10.6. The van der Waals surface area contributed by atoms with E-state index in [1.165, 1.54) is 54.3 Å². The Hall–Kier alpha value is -2.80. The topological polar surface area (TPSA) is 64.5 Å². The maximum absolute atomic E-state index is 9.18. The number of aromatic nitrogens is 2. The molecule has 5 rings (SSSR count). The number of H-pyrrole nitrogens is 1. The predicted octanol–water partition coefficient (Wildman–Crippen LogP) is 5.97. The largest absolute Gasteiger partial charge is 0.378 e. The van der Waals surface area contributed by atoms with Crippen molar-refractivity contribution >= 4 is 16.6 Å². The molecule has 28 heavy (non-hydrogen) atoms. The molecule has 3 aromatic rings. The third-order valence-electron chi connectivity index (χ3n) is 6.52. The molecule has 4 nitrogen and oxygen atoms in total. The Morgan fingerprint density at radius 2 is 1.89 bits per heavy atom. The van der Waals surface area contributed by atoms with Gasteiger partial charge < -0.3 is 5.32 Å². The second kappa shape index (κ2) is 7.31. The lowest BCUT2D eigenvalue weighted by atomic mass is 9.85. The lowest BCUT2D eigenvalue weighted by molar-refractivity contribution is 0.438. The lowest BCUT2D eigenvalue weighted by Crippen LogP contribution is -2.17. The van der Waals surface area contributed by atoms with Crippen molar-refractivity contribution in [2.24, 2.45) is 0 Å². The van der Waals surface area contributed by atoms with Crippen molar-refractivity contribution in [2.45, 2.75) is 63.3 Å². The highest BCUT2D eigenvalue weighted by Gasteiger charge is 2.22. The maximum Gasteiger partial charge on any atom is 0.0991 e. The van der Waals surface area contributed by atoms with Gasteiger partial charge in [0.1, 0.15) is 0 Å². The van der Waals surface area contributed by atoms with Crippen LogP contribution in [0.25, 0.3) is 10.9 Å². The van der Waals surface area contributed by atoms with Crippen molar-refractivity contribution in [3.63, 3.8) is 0 Å². The van der Waals surface area contributed by atoms with E-state index in [2.05, 4.69) is 51.9 Å². The summed E-state index contributed by atoms with van der Waals surface area (Å²) in [6.07, 6.45) is 9.90. The van der Waals surface area contributed by atoms with E-state index < -0.39 is 0 Å². The third kappa shape index (κ3) is 3.16. The van der Waals surface area contributed by atoms with Crippen LogP contribution in [0.3, 0.4) is 0 Å². The Balaban J connectivity index is 1.44. The number of rotatable bonds is 3. The molecule has 0 unspecified atom stereocenters. The summed E-state index contributed by atoms with van der Waals surface area (Å²) >= 11 is 0. The molecule has 4 heteroatoms. The van der Waals surface area contributed by atoms with E-state index in [-0.39, 0.29) is 0 Å². The molecule has 2 aliphatic rings. The molecule has 0 spiro atoms. The average Bonchev–Trinajstić information content (AvgIpc) is 3.17. The van der Waals surface area contributed by atoms with Crippen LogP contribution in [-0.4, -0.2) is 10.2 Å². The molecule has 0 amide bonds. The fraction of sp³-hybridized carbons (Fsp3) is 0.417. The standard InChI is InChI=1S/C24H26N4/c25-15-16-9-11-20-18(13-16)7-4-8-22(20)26-19-10-12-23-21(14-19)24(28-27-23)17-5-2-1-3-6-17/h9-14,17,22,26H,1-8H2,(H,27,28)/t22-/m0/s1. The molecule has 1 heterocycles. The molecular weight excluding hydrogens is 344 g/mol. The minimum absolute atomic E-state index is 0.305. The number of aryl methyl sites for hydroxylation is 1. The van der Waals surface area contributed by atoms with Crippen LogP contribution in [0.5, 0.6) is 0 Å². The zero-order valence-corrected chi connectivity index (χ0v) is 16.2. The van der Waals surface area contributed by atoms with Crippen LogP contribution < -0.4 is 5.32 Å². The Labute approximate surface area is 166 Å². The first kappa shape index (κ1) is 17.3. The van der Waals surface area contributed by atoms with Gasteiger partial charge in [-0.2, -0.15) is 10.4 Å². The molecule has 1 saturated carbocycles. The maximum atomic E-state index is 9.18. The monoisotopic (exact) mass is 370 g/mol. The van der Waals surface area contributed by atoms with Crippen LogP contribution in [0, 0.1) is 11.3 Å². The minimum Gasteiger partial charge on any atom is -0.378 e. The highest BCUT2D eigenvalue weighted by molar-refractivity contribution is 5.85. The van der Waals surface area contributed by atoms with E-state index in [0.29, 0.717) is 12.0 Å². The molecular formula is C24H26N4. The summed E-state index contributed by atoms with van der Waals surface area (Å²) in [5.41, 5.74) is 6.96. The van der Waals surface area contributed by atoms with Gasteiger partial charge in [0.2, 0.25) is 0 Å². The smallest absolute Gasteiger partial charge is 0.0991 e. The molecule has 2 N–H and O–H groups in total. The minimum atomic E-state index is 0.305. The fourth-order valence-corrected chi connectivity index (χ4v) is 5.06. The lowest BCUT2D eigenvalue weighted by Gasteiger charge is -2.27. The number of anilines is 1. The van der Waals surface area contributed by atoms with Gasteiger partial charge in [0.15, 0.2) is 0 Å². The average molecular weight is 371 g/mol. The number of hydrogen-bond acceptors (Lipinski definition) is 3. The Kier molecular flexibility index (Phi) is 4.52. The number of hydrogen-bond donors (Lipinski definition) is 2. The van der Waals surface area contributed by atoms with Crippen molar-refractivity contribution in [3.8, 4) is 6.07 Å². The SMILES string of the molecule is N#Cc1ccc2c(c1)CCC[C@@H]2Nc1ccc2n[nH]c(C3CCCCC3)c2c1. The van der Waals surface area contributed by atoms with Gasteiger partial charge in [-0.3, -0.25) is 5.10 Å². The Morgan fingerprint density at radius 3 is 2.75 bits per heavy atom. The first-order chi connectivity index (χ1) is 13.8. The van der Waals surface area contributed by atoms with Crippen molar-refractivity contribution in [1.29, 1.82) is 5.26 Å². The first-order valence-electron chi connectivity index (χ1n) is 10.6. The fourth-order valence-electron chi connectivity index (χ4n) is 5.06. The molecule has 1 aromatic heterocycles. The Bertz CT molecular complexity index is 1040. The molecule has 0 saturated heterocycles. The summed E-state index contributed by atoms with van der Waals surface area (Å²) in [4.78, 5) is 0. The predicted molar refractivity (Wildman–Crippen MR) is 112 cm³/mol. The van der Waals surface area contributed by atoms with Gasteiger partial charge in [-0.05, 0) is 73.6 Å². The van der Waals surface area contributed by atoms with Gasteiger partial charge in [0.25, 0.3) is 0 Å². The van der Waals surface area contributed by atoms with Crippen LogP contribution >= 0.6 is 0 Å². The van der Waals surface area contributed by atoms with Gasteiger partial charge in [-0.25, -0.2) is 0 Å². The molecule has 1 fully saturated rings. The van der Waals surface area contributed by atoms with Gasteiger partial charge in [-0.15, -0.1) is 0 Å². The highest BCUT2D eigenvalue weighted by atomic mass is 15.1. The van der Waals surface area contributed by atoms with Crippen molar-refractivity contribution in [3.05, 3.63) is 58.8 Å². The number of nitrogens with zero attached hydrogens (tertiary/aromatic N) is 2. The molecule has 0 aliphatic heterocycles. The van der Waals surface area contributed by atoms with E-state index >= 15 is 0 Å². The summed E-state index contributed by atoms with van der Waals surface area (Å²) in [6, 6.07) is 15.3. The number of benzene rings is 2. The zero-order chi connectivity index (χ0) is 18.9. The van der Waals surface area contributed by atoms with E-state index in [1.807, 2.05) is 6.07 Å². The van der Waals surface area contributed by atoms with Gasteiger partial charge in [0.05, 0.1) is 23.2 Å². The van der Waals surface area contributed by atoms with Gasteiger partial charge in [-0.1, -0.05) is 25.3 Å². The normalized spacial score (nSPS) is 19.9. The third-order valence-corrected chi connectivity index (χ3v) is 6.52. The van der Waals surface area contributed by atoms with Crippen molar-refractivity contribution < 1.29 is 0 Å². The number of fused-ring (bicyclic) bond motifs is 2. The number of nitrogens with one attached hydrogen (secondary N) is 2. The molecule has 0 radical (unpaired) electrons. The van der Waals surface area contributed by atoms with Crippen LogP contribution in [0.1, 0.15) is 79.3 Å². The zero-order valence-electron chi connectivity index (χ0n) is 16.2. The van der Waals surface area contributed by atoms with E-state index in [1.54, 1.807) is 0 Å². The molecule has 2 aliphatic carbocycles.